The van der Waals surface area contributed by atoms with E-state index in [1.807, 2.05) is 0 Å². The number of para-hydroxylation sites is 1. The van der Waals surface area contributed by atoms with Crippen molar-refractivity contribution >= 4 is 21.4 Å². The number of benzene rings is 1. The molecule has 0 unspecified atom stereocenters. The highest BCUT2D eigenvalue weighted by molar-refractivity contribution is 7.90. The van der Waals surface area contributed by atoms with E-state index in [1.165, 1.54) is 16.9 Å². The predicted molar refractivity (Wildman–Crippen MR) is 69.6 cm³/mol. The lowest BCUT2D eigenvalue weighted by Gasteiger charge is -2.07. The summed E-state index contributed by atoms with van der Waals surface area (Å²) in [4.78, 5) is 11.2. The van der Waals surface area contributed by atoms with Crippen LogP contribution in [0.5, 0.6) is 0 Å². The molecule has 1 aromatic carbocycles. The van der Waals surface area contributed by atoms with E-state index >= 15 is 0 Å². The van der Waals surface area contributed by atoms with Crippen LogP contribution in [0.1, 0.15) is 10.5 Å². The molecule has 0 atom stereocenters. The summed E-state index contributed by atoms with van der Waals surface area (Å²) in [7, 11) is -3.42. The molecule has 0 saturated heterocycles. The maximum Gasteiger partial charge on any atom is 0.271 e. The van der Waals surface area contributed by atoms with Gasteiger partial charge in [-0.25, -0.2) is 13.1 Å². The van der Waals surface area contributed by atoms with Crippen LogP contribution in [0.25, 0.3) is 5.69 Å². The number of primary amides is 1. The molecular weight excluding hydrogens is 268 g/mol. The second-order valence-electron chi connectivity index (χ2n) is 3.98. The molecule has 7 nitrogen and oxygen atoms in total. The normalized spacial score (nSPS) is 11.4. The number of hydrogen-bond donors (Lipinski definition) is 2. The van der Waals surface area contributed by atoms with Crippen molar-refractivity contribution in [2.45, 2.75) is 4.90 Å². The van der Waals surface area contributed by atoms with Crippen molar-refractivity contribution in [3.8, 4) is 5.69 Å². The van der Waals surface area contributed by atoms with Crippen LogP contribution in [0.2, 0.25) is 0 Å². The Morgan fingerprint density at radius 3 is 2.47 bits per heavy atom. The molecule has 100 valence electrons. The Kier molecular flexibility index (Phi) is 3.03. The van der Waals surface area contributed by atoms with E-state index in [1.54, 1.807) is 18.2 Å². The molecule has 4 N–H and O–H groups in total. The number of nitrogens with two attached hydrogens (primary N) is 2. The van der Waals surface area contributed by atoms with Crippen molar-refractivity contribution in [3.63, 3.8) is 0 Å². The highest BCUT2D eigenvalue weighted by Gasteiger charge is 2.17. The van der Waals surface area contributed by atoms with Crippen molar-refractivity contribution in [2.24, 2.45) is 5.73 Å². The maximum absolute atomic E-state index is 11.7. The average molecular weight is 280 g/mol. The van der Waals surface area contributed by atoms with Gasteiger partial charge in [0.15, 0.2) is 15.5 Å². The SMILES string of the molecule is CS(=O)(=O)c1ccccc1-n1cc(N)c(C(N)=O)n1. The maximum atomic E-state index is 11.7. The summed E-state index contributed by atoms with van der Waals surface area (Å²) in [5, 5.41) is 3.91. The molecule has 0 spiro atoms. The molecule has 1 heterocycles. The number of rotatable bonds is 3. The zero-order chi connectivity index (χ0) is 14.2. The van der Waals surface area contributed by atoms with E-state index < -0.39 is 15.7 Å². The molecule has 0 aliphatic heterocycles. The van der Waals surface area contributed by atoms with Gasteiger partial charge in [-0.3, -0.25) is 4.79 Å². The molecule has 0 radical (unpaired) electrons. The van der Waals surface area contributed by atoms with E-state index in [0.717, 1.165) is 6.26 Å². The molecule has 0 saturated carbocycles. The van der Waals surface area contributed by atoms with Crippen LogP contribution in [0, 0.1) is 0 Å². The first kappa shape index (κ1) is 13.1. The summed E-state index contributed by atoms with van der Waals surface area (Å²) in [5.41, 5.74) is 11.0. The fourth-order valence-electron chi connectivity index (χ4n) is 1.66. The number of hydrogen-bond acceptors (Lipinski definition) is 5. The van der Waals surface area contributed by atoms with Gasteiger partial charge in [-0.1, -0.05) is 12.1 Å². The Morgan fingerprint density at radius 2 is 1.95 bits per heavy atom. The number of sulfone groups is 1. The Morgan fingerprint density at radius 1 is 1.32 bits per heavy atom. The summed E-state index contributed by atoms with van der Waals surface area (Å²) in [6, 6.07) is 6.27. The first-order valence-electron chi connectivity index (χ1n) is 5.25. The molecule has 19 heavy (non-hydrogen) atoms. The van der Waals surface area contributed by atoms with Crippen LogP contribution in [0.15, 0.2) is 35.4 Å². The molecular formula is C11H12N4O3S. The van der Waals surface area contributed by atoms with Gasteiger partial charge in [-0.15, -0.1) is 0 Å². The highest BCUT2D eigenvalue weighted by Crippen LogP contribution is 2.21. The van der Waals surface area contributed by atoms with Gasteiger partial charge in [0.25, 0.3) is 5.91 Å². The quantitative estimate of drug-likeness (QED) is 0.816. The van der Waals surface area contributed by atoms with Gasteiger partial charge < -0.3 is 11.5 Å². The molecule has 0 aliphatic rings. The number of carbonyl (C=O) groups excluding carboxylic acids is 1. The van der Waals surface area contributed by atoms with Crippen molar-refractivity contribution in [2.75, 3.05) is 12.0 Å². The van der Waals surface area contributed by atoms with Crippen molar-refractivity contribution in [3.05, 3.63) is 36.2 Å². The van der Waals surface area contributed by atoms with E-state index in [0.29, 0.717) is 5.69 Å². The average Bonchev–Trinajstić information content (AvgIpc) is 2.70. The van der Waals surface area contributed by atoms with Gasteiger partial charge >= 0.3 is 0 Å². The van der Waals surface area contributed by atoms with Crippen molar-refractivity contribution in [1.29, 1.82) is 0 Å². The minimum Gasteiger partial charge on any atom is -0.396 e. The third kappa shape index (κ3) is 2.43. The number of anilines is 1. The minimum absolute atomic E-state index is 0.0912. The van der Waals surface area contributed by atoms with Crippen LogP contribution >= 0.6 is 0 Å². The monoisotopic (exact) mass is 280 g/mol. The van der Waals surface area contributed by atoms with Crippen LogP contribution in [-0.2, 0) is 9.84 Å². The van der Waals surface area contributed by atoms with Crippen LogP contribution in [0.3, 0.4) is 0 Å². The summed E-state index contributed by atoms with van der Waals surface area (Å²) in [6.45, 7) is 0. The van der Waals surface area contributed by atoms with E-state index in [2.05, 4.69) is 5.10 Å². The molecule has 1 aromatic heterocycles. The predicted octanol–water partition coefficient (Wildman–Crippen LogP) is -0.0431. The lowest BCUT2D eigenvalue weighted by Crippen LogP contribution is -2.14. The number of aromatic nitrogens is 2. The zero-order valence-electron chi connectivity index (χ0n) is 10.1. The van der Waals surface area contributed by atoms with Gasteiger partial charge in [-0.2, -0.15) is 5.10 Å². The number of nitrogen functional groups attached to an aromatic ring is 1. The number of carbonyl (C=O) groups is 1. The Labute approximate surface area is 109 Å². The minimum atomic E-state index is -3.42. The standard InChI is InChI=1S/C11H12N4O3S/c1-19(17,18)9-5-3-2-4-8(9)15-6-7(12)10(14-15)11(13)16/h2-6H,12H2,1H3,(H2,13,16). The molecule has 0 bridgehead atoms. The second-order valence-corrected chi connectivity index (χ2v) is 5.97. The van der Waals surface area contributed by atoms with Crippen molar-refractivity contribution < 1.29 is 13.2 Å². The van der Waals surface area contributed by atoms with Crippen molar-refractivity contribution in [1.82, 2.24) is 9.78 Å². The van der Waals surface area contributed by atoms with Gasteiger partial charge in [0.2, 0.25) is 0 Å². The number of nitrogens with zero attached hydrogens (tertiary/aromatic N) is 2. The molecule has 8 heteroatoms. The van der Waals surface area contributed by atoms with E-state index in [4.69, 9.17) is 11.5 Å². The third-order valence-electron chi connectivity index (χ3n) is 2.49. The summed E-state index contributed by atoms with van der Waals surface area (Å²) in [6.07, 6.45) is 2.44. The Bertz CT molecular complexity index is 749. The Hall–Kier alpha value is -2.35. The molecule has 2 aromatic rings. The second kappa shape index (κ2) is 4.39. The summed E-state index contributed by atoms with van der Waals surface area (Å²) >= 11 is 0. The third-order valence-corrected chi connectivity index (χ3v) is 3.63. The van der Waals surface area contributed by atoms with Crippen LogP contribution in [-0.4, -0.2) is 30.4 Å². The van der Waals surface area contributed by atoms with Gasteiger partial charge in [0.05, 0.1) is 22.5 Å². The van der Waals surface area contributed by atoms with E-state index in [9.17, 15) is 13.2 Å². The first-order chi connectivity index (χ1) is 8.80. The lowest BCUT2D eigenvalue weighted by atomic mass is 10.3. The highest BCUT2D eigenvalue weighted by atomic mass is 32.2. The number of amides is 1. The zero-order valence-corrected chi connectivity index (χ0v) is 10.9. The van der Waals surface area contributed by atoms with Crippen LogP contribution < -0.4 is 11.5 Å². The molecule has 1 amide bonds. The lowest BCUT2D eigenvalue weighted by molar-refractivity contribution is 0.0996. The smallest absolute Gasteiger partial charge is 0.271 e. The van der Waals surface area contributed by atoms with Gasteiger partial charge in [-0.05, 0) is 12.1 Å². The molecule has 0 fully saturated rings. The summed E-state index contributed by atoms with van der Waals surface area (Å²) in [5.74, 6) is -0.770. The topological polar surface area (TPSA) is 121 Å². The fourth-order valence-corrected chi connectivity index (χ4v) is 2.53. The molecule has 0 aliphatic carbocycles. The fraction of sp³-hybridized carbons (Fsp3) is 0.0909. The molecule has 2 rings (SSSR count). The van der Waals surface area contributed by atoms with Gasteiger partial charge in [0, 0.05) is 6.26 Å². The Balaban J connectivity index is 2.67. The largest absolute Gasteiger partial charge is 0.396 e. The van der Waals surface area contributed by atoms with Crippen LogP contribution in [0.4, 0.5) is 5.69 Å². The van der Waals surface area contributed by atoms with E-state index in [-0.39, 0.29) is 16.3 Å². The van der Waals surface area contributed by atoms with Gasteiger partial charge in [0.1, 0.15) is 0 Å². The first-order valence-corrected chi connectivity index (χ1v) is 7.14. The summed E-state index contributed by atoms with van der Waals surface area (Å²) < 4.78 is 24.6.